The Hall–Kier alpha value is -0.780. The molecule has 0 saturated carbocycles. The second-order valence-electron chi connectivity index (χ2n) is 4.74. The molecule has 0 bridgehead atoms. The molecule has 6 heteroatoms. The van der Waals surface area contributed by atoms with Crippen LogP contribution in [0.4, 0.5) is 13.2 Å². The molecule has 0 amide bonds. The fourth-order valence-corrected chi connectivity index (χ4v) is 2.52. The molecule has 1 saturated heterocycles. The number of halogens is 4. The molecule has 1 aliphatic rings. The van der Waals surface area contributed by atoms with E-state index < -0.39 is 12.2 Å². The van der Waals surface area contributed by atoms with Crippen molar-refractivity contribution in [3.8, 4) is 0 Å². The summed E-state index contributed by atoms with van der Waals surface area (Å²) in [5.74, 6) is 0. The lowest BCUT2D eigenvalue weighted by Crippen LogP contribution is -2.49. The highest BCUT2D eigenvalue weighted by Gasteiger charge is 2.44. The summed E-state index contributed by atoms with van der Waals surface area (Å²) in [5.41, 5.74) is 0.997. The van der Waals surface area contributed by atoms with E-state index in [-0.39, 0.29) is 5.56 Å². The van der Waals surface area contributed by atoms with Crippen molar-refractivity contribution in [3.63, 3.8) is 0 Å². The average Bonchev–Trinajstić information content (AvgIpc) is 2.34. The van der Waals surface area contributed by atoms with Gasteiger partial charge in [0.05, 0.1) is 0 Å². The van der Waals surface area contributed by atoms with Crippen molar-refractivity contribution in [2.24, 2.45) is 0 Å². The van der Waals surface area contributed by atoms with Crippen molar-refractivity contribution >= 4 is 11.6 Å². The Kier molecular flexibility index (Phi) is 4.38. The fourth-order valence-electron chi connectivity index (χ4n) is 2.33. The van der Waals surface area contributed by atoms with Gasteiger partial charge in [-0.15, -0.1) is 0 Å². The van der Waals surface area contributed by atoms with Gasteiger partial charge in [-0.3, -0.25) is 4.90 Å². The third kappa shape index (κ3) is 3.41. The summed E-state index contributed by atoms with van der Waals surface area (Å²) in [6.07, 6.45) is -4.30. The Balaban J connectivity index is 2.33. The van der Waals surface area contributed by atoms with Crippen LogP contribution in [-0.4, -0.2) is 37.3 Å². The van der Waals surface area contributed by atoms with Crippen LogP contribution in [0.5, 0.6) is 0 Å². The van der Waals surface area contributed by atoms with Crippen LogP contribution in [-0.2, 0) is 0 Å². The zero-order valence-corrected chi connectivity index (χ0v) is 11.4. The lowest BCUT2D eigenvalue weighted by molar-refractivity contribution is -0.187. The summed E-state index contributed by atoms with van der Waals surface area (Å²) in [5, 5.41) is 3.43. The van der Waals surface area contributed by atoms with Crippen LogP contribution in [0.15, 0.2) is 18.2 Å². The molecule has 2 rings (SSSR count). The van der Waals surface area contributed by atoms with Gasteiger partial charge in [0.1, 0.15) is 6.04 Å². The van der Waals surface area contributed by atoms with E-state index in [1.165, 1.54) is 17.0 Å². The second-order valence-corrected chi connectivity index (χ2v) is 5.15. The van der Waals surface area contributed by atoms with Crippen molar-refractivity contribution in [1.29, 1.82) is 0 Å². The normalized spacial score (nSPS) is 19.4. The van der Waals surface area contributed by atoms with Gasteiger partial charge in [0.25, 0.3) is 0 Å². The lowest BCUT2D eigenvalue weighted by atomic mass is 10.0. The zero-order valence-electron chi connectivity index (χ0n) is 10.6. The van der Waals surface area contributed by atoms with Gasteiger partial charge in [-0.25, -0.2) is 0 Å². The quantitative estimate of drug-likeness (QED) is 0.901. The van der Waals surface area contributed by atoms with E-state index in [4.69, 9.17) is 11.6 Å². The molecule has 0 spiro atoms. The molecule has 0 unspecified atom stereocenters. The van der Waals surface area contributed by atoms with Crippen molar-refractivity contribution in [2.75, 3.05) is 26.2 Å². The van der Waals surface area contributed by atoms with Gasteiger partial charge in [-0.05, 0) is 24.1 Å². The van der Waals surface area contributed by atoms with E-state index >= 15 is 0 Å². The molecule has 1 aromatic carbocycles. The average molecular weight is 293 g/mol. The van der Waals surface area contributed by atoms with Crippen LogP contribution in [0.25, 0.3) is 0 Å². The first-order chi connectivity index (χ1) is 8.89. The second kappa shape index (κ2) is 5.69. The SMILES string of the molecule is Cc1ccc([C@@H](N2CCNCC2)C(F)(F)F)cc1Cl. The number of rotatable bonds is 2. The van der Waals surface area contributed by atoms with E-state index in [1.807, 2.05) is 0 Å². The zero-order chi connectivity index (χ0) is 14.0. The Labute approximate surface area is 115 Å². The number of piperazine rings is 1. The summed E-state index contributed by atoms with van der Waals surface area (Å²) in [4.78, 5) is 1.46. The molecule has 1 heterocycles. The minimum atomic E-state index is -4.30. The largest absolute Gasteiger partial charge is 0.408 e. The molecular weight excluding hydrogens is 277 g/mol. The molecule has 1 fully saturated rings. The van der Waals surface area contributed by atoms with Gasteiger partial charge in [0.2, 0.25) is 0 Å². The predicted octanol–water partition coefficient (Wildman–Crippen LogP) is 3.16. The monoisotopic (exact) mass is 292 g/mol. The van der Waals surface area contributed by atoms with Crippen molar-refractivity contribution in [2.45, 2.75) is 19.1 Å². The molecule has 0 radical (unpaired) electrons. The smallest absolute Gasteiger partial charge is 0.314 e. The fraction of sp³-hybridized carbons (Fsp3) is 0.538. The van der Waals surface area contributed by atoms with E-state index in [0.29, 0.717) is 31.2 Å². The maximum absolute atomic E-state index is 13.3. The number of alkyl halides is 3. The first-order valence-electron chi connectivity index (χ1n) is 6.17. The van der Waals surface area contributed by atoms with Gasteiger partial charge >= 0.3 is 6.18 Å². The van der Waals surface area contributed by atoms with Crippen LogP contribution < -0.4 is 5.32 Å². The molecule has 1 N–H and O–H groups in total. The Morgan fingerprint density at radius 2 is 1.89 bits per heavy atom. The molecule has 106 valence electrons. The Bertz CT molecular complexity index is 442. The van der Waals surface area contributed by atoms with E-state index in [2.05, 4.69) is 5.32 Å². The highest BCUT2D eigenvalue weighted by molar-refractivity contribution is 6.31. The van der Waals surface area contributed by atoms with Crippen LogP contribution in [0.1, 0.15) is 17.2 Å². The van der Waals surface area contributed by atoms with Crippen molar-refractivity contribution < 1.29 is 13.2 Å². The summed E-state index contributed by atoms with van der Waals surface area (Å²) < 4.78 is 40.0. The third-order valence-electron chi connectivity index (χ3n) is 3.34. The van der Waals surface area contributed by atoms with Gasteiger partial charge in [-0.2, -0.15) is 13.2 Å². The van der Waals surface area contributed by atoms with Gasteiger partial charge in [0, 0.05) is 31.2 Å². The first-order valence-corrected chi connectivity index (χ1v) is 6.55. The first kappa shape index (κ1) is 14.6. The molecule has 1 aliphatic heterocycles. The van der Waals surface area contributed by atoms with E-state index in [9.17, 15) is 13.2 Å². The van der Waals surface area contributed by atoms with E-state index in [1.54, 1.807) is 13.0 Å². The highest BCUT2D eigenvalue weighted by atomic mass is 35.5. The summed E-state index contributed by atoms with van der Waals surface area (Å²) in [6, 6.07) is 3.00. The maximum atomic E-state index is 13.3. The van der Waals surface area contributed by atoms with E-state index in [0.717, 1.165) is 5.56 Å². The minimum absolute atomic E-state index is 0.213. The Morgan fingerprint density at radius 3 is 2.42 bits per heavy atom. The molecule has 0 aliphatic carbocycles. The minimum Gasteiger partial charge on any atom is -0.314 e. The van der Waals surface area contributed by atoms with Crippen LogP contribution >= 0.6 is 11.6 Å². The number of nitrogens with one attached hydrogen (secondary N) is 1. The number of aryl methyl sites for hydroxylation is 1. The molecule has 1 aromatic rings. The van der Waals surface area contributed by atoms with Crippen molar-refractivity contribution in [1.82, 2.24) is 10.2 Å². The topological polar surface area (TPSA) is 15.3 Å². The maximum Gasteiger partial charge on any atom is 0.408 e. The summed E-state index contributed by atoms with van der Waals surface area (Å²) in [6.45, 7) is 3.70. The summed E-state index contributed by atoms with van der Waals surface area (Å²) >= 11 is 5.95. The van der Waals surface area contributed by atoms with Gasteiger partial charge in [0.15, 0.2) is 0 Å². The standard InChI is InChI=1S/C13H16ClF3N2/c1-9-2-3-10(8-11(9)14)12(13(15,16)17)19-6-4-18-5-7-19/h2-3,8,12,18H,4-7H2,1H3/t12-/m1/s1. The molecule has 19 heavy (non-hydrogen) atoms. The predicted molar refractivity (Wildman–Crippen MR) is 69.4 cm³/mol. The number of hydrogen-bond donors (Lipinski definition) is 1. The van der Waals surface area contributed by atoms with Crippen LogP contribution in [0.2, 0.25) is 5.02 Å². The van der Waals surface area contributed by atoms with Gasteiger partial charge < -0.3 is 5.32 Å². The lowest BCUT2D eigenvalue weighted by Gasteiger charge is -2.36. The van der Waals surface area contributed by atoms with Crippen LogP contribution in [0, 0.1) is 6.92 Å². The molecule has 0 aromatic heterocycles. The molecule has 1 atom stereocenters. The third-order valence-corrected chi connectivity index (χ3v) is 3.75. The van der Waals surface area contributed by atoms with Gasteiger partial charge in [-0.1, -0.05) is 23.7 Å². The molecule has 2 nitrogen and oxygen atoms in total. The number of hydrogen-bond acceptors (Lipinski definition) is 2. The number of benzene rings is 1. The Morgan fingerprint density at radius 1 is 1.26 bits per heavy atom. The number of nitrogens with zero attached hydrogens (tertiary/aromatic N) is 1. The van der Waals surface area contributed by atoms with Crippen LogP contribution in [0.3, 0.4) is 0 Å². The summed E-state index contributed by atoms with van der Waals surface area (Å²) in [7, 11) is 0. The highest BCUT2D eigenvalue weighted by Crippen LogP contribution is 2.38. The molecular formula is C13H16ClF3N2. The van der Waals surface area contributed by atoms with Crippen molar-refractivity contribution in [3.05, 3.63) is 34.3 Å².